The fourth-order valence-electron chi connectivity index (χ4n) is 1.98. The fraction of sp³-hybridized carbons (Fsp3) is 0.267. The summed E-state index contributed by atoms with van der Waals surface area (Å²) in [6.45, 7) is 4.27. The molecule has 0 saturated carbocycles. The molecule has 0 spiro atoms. The molecule has 0 aliphatic heterocycles. The van der Waals surface area contributed by atoms with Crippen molar-refractivity contribution in [1.29, 1.82) is 0 Å². The zero-order chi connectivity index (χ0) is 13.8. The molecule has 0 radical (unpaired) electrons. The smallest absolute Gasteiger partial charge is 0.337 e. The fourth-order valence-corrected chi connectivity index (χ4v) is 1.98. The Kier molecular flexibility index (Phi) is 3.90. The molecule has 1 aromatic heterocycles. The zero-order valence-corrected chi connectivity index (χ0v) is 11.0. The van der Waals surface area contributed by atoms with Gasteiger partial charge in [0, 0.05) is 12.2 Å². The Bertz CT molecular complexity index is 558. The number of para-hydroxylation sites is 1. The maximum Gasteiger partial charge on any atom is 0.337 e. The van der Waals surface area contributed by atoms with Crippen LogP contribution in [0.5, 0.6) is 5.75 Å². The van der Waals surface area contributed by atoms with Crippen molar-refractivity contribution in [3.63, 3.8) is 0 Å². The van der Waals surface area contributed by atoms with Crippen molar-refractivity contribution in [1.82, 2.24) is 4.57 Å². The summed E-state index contributed by atoms with van der Waals surface area (Å²) in [7, 11) is 0. The van der Waals surface area contributed by atoms with Crippen LogP contribution in [0.15, 0.2) is 42.6 Å². The first-order valence-corrected chi connectivity index (χ1v) is 6.20. The third kappa shape index (κ3) is 2.96. The van der Waals surface area contributed by atoms with Gasteiger partial charge in [-0.25, -0.2) is 4.79 Å². The summed E-state index contributed by atoms with van der Waals surface area (Å²) in [5.41, 5.74) is 0.982. The molecule has 1 heterocycles. The van der Waals surface area contributed by atoms with Crippen LogP contribution >= 0.6 is 0 Å². The van der Waals surface area contributed by atoms with Crippen molar-refractivity contribution in [2.75, 3.05) is 0 Å². The number of rotatable bonds is 5. The Morgan fingerprint density at radius 1 is 1.26 bits per heavy atom. The average Bonchev–Trinajstić information content (AvgIpc) is 2.81. The summed E-state index contributed by atoms with van der Waals surface area (Å²) in [5.74, 6) is -0.193. The lowest BCUT2D eigenvalue weighted by Gasteiger charge is -2.14. The number of benzene rings is 1. The number of aromatic nitrogens is 1. The number of hydrogen-bond acceptors (Lipinski definition) is 2. The van der Waals surface area contributed by atoms with Gasteiger partial charge in [0.05, 0.1) is 11.3 Å². The van der Waals surface area contributed by atoms with E-state index in [1.165, 1.54) is 0 Å². The lowest BCUT2D eigenvalue weighted by Crippen LogP contribution is -2.11. The second-order valence-electron chi connectivity index (χ2n) is 4.58. The van der Waals surface area contributed by atoms with Gasteiger partial charge in [0.1, 0.15) is 12.4 Å². The third-order valence-corrected chi connectivity index (χ3v) is 2.93. The Labute approximate surface area is 112 Å². The number of carboxylic acids is 1. The number of hydrogen-bond donors (Lipinski definition) is 1. The van der Waals surface area contributed by atoms with E-state index in [4.69, 9.17) is 4.74 Å². The average molecular weight is 259 g/mol. The van der Waals surface area contributed by atoms with Crippen LogP contribution in [0.4, 0.5) is 0 Å². The molecule has 0 aliphatic rings. The molecular weight excluding hydrogens is 242 g/mol. The highest BCUT2D eigenvalue weighted by Gasteiger charge is 2.17. The molecule has 1 N–H and O–H groups in total. The maximum absolute atomic E-state index is 11.2. The molecular formula is C15H17NO3. The van der Waals surface area contributed by atoms with Gasteiger partial charge in [0.2, 0.25) is 0 Å². The molecule has 2 aromatic rings. The highest BCUT2D eigenvalue weighted by molar-refractivity contribution is 5.89. The van der Waals surface area contributed by atoms with Crippen LogP contribution in [-0.2, 0) is 6.61 Å². The number of carbonyl (C=O) groups is 1. The van der Waals surface area contributed by atoms with Gasteiger partial charge in [-0.1, -0.05) is 18.2 Å². The van der Waals surface area contributed by atoms with Crippen LogP contribution in [0, 0.1) is 0 Å². The summed E-state index contributed by atoms with van der Waals surface area (Å²) in [5, 5.41) is 9.19. The second-order valence-corrected chi connectivity index (χ2v) is 4.58. The Balaban J connectivity index is 2.23. The Morgan fingerprint density at radius 3 is 2.53 bits per heavy atom. The van der Waals surface area contributed by atoms with Crippen LogP contribution < -0.4 is 4.74 Å². The van der Waals surface area contributed by atoms with Crippen molar-refractivity contribution in [2.45, 2.75) is 26.5 Å². The van der Waals surface area contributed by atoms with E-state index in [2.05, 4.69) is 0 Å². The number of aromatic carboxylic acids is 1. The van der Waals surface area contributed by atoms with Crippen molar-refractivity contribution < 1.29 is 14.6 Å². The van der Waals surface area contributed by atoms with E-state index < -0.39 is 5.97 Å². The van der Waals surface area contributed by atoms with Gasteiger partial charge in [-0.3, -0.25) is 0 Å². The largest absolute Gasteiger partial charge is 0.487 e. The van der Waals surface area contributed by atoms with E-state index in [0.29, 0.717) is 11.3 Å². The SMILES string of the molecule is CC(C)n1ccc(C(=O)O)c1COc1ccccc1. The molecule has 0 unspecified atom stereocenters. The number of nitrogens with zero attached hydrogens (tertiary/aromatic N) is 1. The van der Waals surface area contributed by atoms with E-state index in [0.717, 1.165) is 5.75 Å². The molecule has 19 heavy (non-hydrogen) atoms. The molecule has 0 bridgehead atoms. The molecule has 0 saturated heterocycles. The van der Waals surface area contributed by atoms with Gasteiger partial charge in [-0.05, 0) is 32.0 Å². The van der Waals surface area contributed by atoms with Crippen molar-refractivity contribution >= 4 is 5.97 Å². The highest BCUT2D eigenvalue weighted by Crippen LogP contribution is 2.19. The molecule has 100 valence electrons. The molecule has 1 aromatic carbocycles. The lowest BCUT2D eigenvalue weighted by atomic mass is 10.2. The molecule has 0 fully saturated rings. The summed E-state index contributed by atoms with van der Waals surface area (Å²) in [4.78, 5) is 11.2. The topological polar surface area (TPSA) is 51.5 Å². The van der Waals surface area contributed by atoms with Gasteiger partial charge < -0.3 is 14.4 Å². The van der Waals surface area contributed by atoms with E-state index in [9.17, 15) is 9.90 Å². The normalized spacial score (nSPS) is 10.7. The van der Waals surface area contributed by atoms with Crippen LogP contribution in [0.1, 0.15) is 35.9 Å². The van der Waals surface area contributed by atoms with Crippen LogP contribution in [0.3, 0.4) is 0 Å². The number of carboxylic acid groups (broad SMARTS) is 1. The predicted molar refractivity (Wildman–Crippen MR) is 72.6 cm³/mol. The van der Waals surface area contributed by atoms with E-state index >= 15 is 0 Å². The minimum Gasteiger partial charge on any atom is -0.487 e. The van der Waals surface area contributed by atoms with Crippen LogP contribution in [0.25, 0.3) is 0 Å². The molecule has 0 atom stereocenters. The summed E-state index contributed by atoms with van der Waals surface area (Å²) in [6.07, 6.45) is 1.79. The summed E-state index contributed by atoms with van der Waals surface area (Å²) < 4.78 is 7.57. The molecule has 4 heteroatoms. The quantitative estimate of drug-likeness (QED) is 0.895. The first kappa shape index (κ1) is 13.2. The van der Waals surface area contributed by atoms with Crippen molar-refractivity contribution in [3.05, 3.63) is 53.9 Å². The molecule has 4 nitrogen and oxygen atoms in total. The minimum absolute atomic E-state index is 0.197. The van der Waals surface area contributed by atoms with Crippen LogP contribution in [0.2, 0.25) is 0 Å². The first-order valence-electron chi connectivity index (χ1n) is 6.20. The zero-order valence-electron chi connectivity index (χ0n) is 11.0. The van der Waals surface area contributed by atoms with Crippen LogP contribution in [-0.4, -0.2) is 15.6 Å². The van der Waals surface area contributed by atoms with Gasteiger partial charge in [0.25, 0.3) is 0 Å². The van der Waals surface area contributed by atoms with E-state index in [1.54, 1.807) is 12.3 Å². The summed E-state index contributed by atoms with van der Waals surface area (Å²) in [6, 6.07) is 11.2. The van der Waals surface area contributed by atoms with E-state index in [1.807, 2.05) is 48.7 Å². The molecule has 0 amide bonds. The summed E-state index contributed by atoms with van der Waals surface area (Å²) >= 11 is 0. The standard InChI is InChI=1S/C15H17NO3/c1-11(2)16-9-8-13(15(17)18)14(16)10-19-12-6-4-3-5-7-12/h3-9,11H,10H2,1-2H3,(H,17,18). The predicted octanol–water partition coefficient (Wildman–Crippen LogP) is 3.35. The Morgan fingerprint density at radius 2 is 1.95 bits per heavy atom. The Hall–Kier alpha value is -2.23. The monoisotopic (exact) mass is 259 g/mol. The highest BCUT2D eigenvalue weighted by atomic mass is 16.5. The van der Waals surface area contributed by atoms with Gasteiger partial charge >= 0.3 is 5.97 Å². The first-order chi connectivity index (χ1) is 9.09. The third-order valence-electron chi connectivity index (χ3n) is 2.93. The van der Waals surface area contributed by atoms with Gasteiger partial charge in [0.15, 0.2) is 0 Å². The number of ether oxygens (including phenoxy) is 1. The van der Waals surface area contributed by atoms with E-state index in [-0.39, 0.29) is 12.6 Å². The molecule has 2 rings (SSSR count). The lowest BCUT2D eigenvalue weighted by molar-refractivity contribution is 0.0693. The maximum atomic E-state index is 11.2. The van der Waals surface area contributed by atoms with Gasteiger partial charge in [-0.15, -0.1) is 0 Å². The van der Waals surface area contributed by atoms with Crippen molar-refractivity contribution in [2.24, 2.45) is 0 Å². The molecule has 0 aliphatic carbocycles. The second kappa shape index (κ2) is 5.61. The van der Waals surface area contributed by atoms with Gasteiger partial charge in [-0.2, -0.15) is 0 Å². The minimum atomic E-state index is -0.925. The van der Waals surface area contributed by atoms with Crippen molar-refractivity contribution in [3.8, 4) is 5.75 Å².